The molecule has 0 bridgehead atoms. The number of benzene rings is 4. The van der Waals surface area contributed by atoms with Crippen molar-refractivity contribution in [1.29, 1.82) is 0 Å². The van der Waals surface area contributed by atoms with Crippen molar-refractivity contribution in [2.75, 3.05) is 7.11 Å². The molecule has 4 aromatic carbocycles. The lowest BCUT2D eigenvalue weighted by atomic mass is 9.92. The SMILES string of the molecule is COc1cc(/C=N\N2C(=O)c3ccc4c5c(ccc(c35)C2=O)CC4)ccc1OCc1ccc(Br)cc1. The summed E-state index contributed by atoms with van der Waals surface area (Å²) >= 11 is 3.43. The number of rotatable bonds is 6. The van der Waals surface area contributed by atoms with Crippen molar-refractivity contribution in [1.82, 2.24) is 5.01 Å². The molecule has 6 rings (SSSR count). The van der Waals surface area contributed by atoms with E-state index in [0.29, 0.717) is 34.8 Å². The third-order valence-electron chi connectivity index (χ3n) is 6.66. The molecule has 0 spiro atoms. The largest absolute Gasteiger partial charge is 0.493 e. The molecule has 1 aliphatic carbocycles. The van der Waals surface area contributed by atoms with Gasteiger partial charge in [0.25, 0.3) is 11.8 Å². The monoisotopic (exact) mass is 540 g/mol. The van der Waals surface area contributed by atoms with E-state index < -0.39 is 11.8 Å². The van der Waals surface area contributed by atoms with Crippen LogP contribution in [0.15, 0.2) is 76.3 Å². The topological polar surface area (TPSA) is 68.2 Å². The Labute approximate surface area is 216 Å². The highest BCUT2D eigenvalue weighted by Gasteiger charge is 2.35. The molecule has 2 amide bonds. The number of hydrazone groups is 1. The van der Waals surface area contributed by atoms with E-state index in [9.17, 15) is 9.59 Å². The molecule has 1 aliphatic heterocycles. The summed E-state index contributed by atoms with van der Waals surface area (Å²) in [4.78, 5) is 26.5. The summed E-state index contributed by atoms with van der Waals surface area (Å²) in [6.45, 7) is 0.391. The molecule has 0 saturated heterocycles. The predicted molar refractivity (Wildman–Crippen MR) is 141 cm³/mol. The Kier molecular flexibility index (Phi) is 5.57. The van der Waals surface area contributed by atoms with E-state index in [-0.39, 0.29) is 0 Å². The summed E-state index contributed by atoms with van der Waals surface area (Å²) in [5, 5.41) is 7.04. The standard InChI is InChI=1S/C29H21BrN2O4/c1-35-25-14-18(4-13-24(25)36-16-17-2-9-21(30)10-3-17)15-31-32-28(33)22-11-7-19-5-6-20-8-12-23(29(32)34)27(22)26(19)20/h2-4,7-15H,5-6,16H2,1H3/b31-15-. The van der Waals surface area contributed by atoms with Gasteiger partial charge >= 0.3 is 0 Å². The van der Waals surface area contributed by atoms with Gasteiger partial charge in [0.15, 0.2) is 11.5 Å². The van der Waals surface area contributed by atoms with Crippen LogP contribution in [0.5, 0.6) is 11.5 Å². The van der Waals surface area contributed by atoms with E-state index >= 15 is 0 Å². The summed E-state index contributed by atoms with van der Waals surface area (Å²) < 4.78 is 12.4. The van der Waals surface area contributed by atoms with Crippen LogP contribution in [0.2, 0.25) is 0 Å². The van der Waals surface area contributed by atoms with E-state index in [2.05, 4.69) is 21.0 Å². The average molecular weight is 541 g/mol. The van der Waals surface area contributed by atoms with Gasteiger partial charge in [-0.25, -0.2) is 0 Å². The maximum absolute atomic E-state index is 13.2. The molecule has 36 heavy (non-hydrogen) atoms. The molecular formula is C29H21BrN2O4. The molecule has 1 heterocycles. The average Bonchev–Trinajstić information content (AvgIpc) is 3.33. The number of aryl methyl sites for hydroxylation is 2. The lowest BCUT2D eigenvalue weighted by Gasteiger charge is -2.23. The van der Waals surface area contributed by atoms with E-state index in [1.54, 1.807) is 25.3 Å². The lowest BCUT2D eigenvalue weighted by Crippen LogP contribution is -2.36. The van der Waals surface area contributed by atoms with E-state index in [4.69, 9.17) is 9.47 Å². The van der Waals surface area contributed by atoms with Gasteiger partial charge in [0.05, 0.1) is 24.5 Å². The van der Waals surface area contributed by atoms with Gasteiger partial charge in [-0.15, -0.1) is 0 Å². The summed E-state index contributed by atoms with van der Waals surface area (Å²) in [6, 6.07) is 20.8. The number of amides is 2. The molecule has 0 saturated carbocycles. The molecule has 0 unspecified atom stereocenters. The van der Waals surface area contributed by atoms with Crippen molar-refractivity contribution in [3.8, 4) is 11.5 Å². The number of carbonyl (C=O) groups is 2. The Hall–Kier alpha value is -3.97. The van der Waals surface area contributed by atoms with Crippen LogP contribution >= 0.6 is 15.9 Å². The zero-order valence-electron chi connectivity index (χ0n) is 19.5. The number of methoxy groups -OCH3 is 1. The smallest absolute Gasteiger partial charge is 0.282 e. The molecule has 4 aromatic rings. The van der Waals surface area contributed by atoms with Crippen molar-refractivity contribution in [2.24, 2.45) is 5.10 Å². The summed E-state index contributed by atoms with van der Waals surface area (Å²) in [5.74, 6) is 0.280. The quantitative estimate of drug-likeness (QED) is 0.225. The Morgan fingerprint density at radius 2 is 1.53 bits per heavy atom. The highest BCUT2D eigenvalue weighted by Crippen LogP contribution is 2.38. The first-order chi connectivity index (χ1) is 17.5. The van der Waals surface area contributed by atoms with Crippen molar-refractivity contribution < 1.29 is 19.1 Å². The van der Waals surface area contributed by atoms with Crippen LogP contribution in [0.25, 0.3) is 10.8 Å². The van der Waals surface area contributed by atoms with E-state index in [0.717, 1.165) is 38.7 Å². The van der Waals surface area contributed by atoms with Gasteiger partial charge in [0.2, 0.25) is 0 Å². The van der Waals surface area contributed by atoms with Crippen molar-refractivity contribution in [2.45, 2.75) is 19.4 Å². The first-order valence-electron chi connectivity index (χ1n) is 11.6. The Morgan fingerprint density at radius 3 is 2.17 bits per heavy atom. The lowest BCUT2D eigenvalue weighted by molar-refractivity contribution is 0.0616. The van der Waals surface area contributed by atoms with Crippen molar-refractivity contribution in [3.63, 3.8) is 0 Å². The maximum atomic E-state index is 13.2. The fourth-order valence-electron chi connectivity index (χ4n) is 4.86. The minimum Gasteiger partial charge on any atom is -0.493 e. The summed E-state index contributed by atoms with van der Waals surface area (Å²) in [6.07, 6.45) is 3.36. The Bertz CT molecular complexity index is 1520. The third-order valence-corrected chi connectivity index (χ3v) is 7.19. The van der Waals surface area contributed by atoms with Gasteiger partial charge in [0.1, 0.15) is 6.61 Å². The molecule has 0 fully saturated rings. The fraction of sp³-hybridized carbons (Fsp3) is 0.138. The van der Waals surface area contributed by atoms with Crippen LogP contribution in [0.4, 0.5) is 0 Å². The highest BCUT2D eigenvalue weighted by atomic mass is 79.9. The zero-order chi connectivity index (χ0) is 24.8. The number of nitrogens with zero attached hydrogens (tertiary/aromatic N) is 2. The third kappa shape index (κ3) is 3.76. The van der Waals surface area contributed by atoms with Crippen molar-refractivity contribution >= 4 is 44.7 Å². The second kappa shape index (κ2) is 8.91. The van der Waals surface area contributed by atoms with Gasteiger partial charge in [-0.05, 0) is 82.9 Å². The number of ether oxygens (including phenoxy) is 2. The molecular weight excluding hydrogens is 520 g/mol. The molecule has 7 heteroatoms. The van der Waals surface area contributed by atoms with Crippen LogP contribution in [0.1, 0.15) is 43.0 Å². The van der Waals surface area contributed by atoms with Crippen LogP contribution in [0, 0.1) is 0 Å². The molecule has 178 valence electrons. The second-order valence-corrected chi connectivity index (χ2v) is 9.70. The van der Waals surface area contributed by atoms with Crippen molar-refractivity contribution in [3.05, 3.63) is 105 Å². The number of halogens is 1. The number of hydrogen-bond donors (Lipinski definition) is 0. The molecule has 0 aromatic heterocycles. The molecule has 6 nitrogen and oxygen atoms in total. The second-order valence-electron chi connectivity index (χ2n) is 8.79. The molecule has 2 aliphatic rings. The minimum atomic E-state index is -0.416. The maximum Gasteiger partial charge on any atom is 0.282 e. The van der Waals surface area contributed by atoms with Crippen LogP contribution in [0.3, 0.4) is 0 Å². The molecule has 0 radical (unpaired) electrons. The molecule has 0 N–H and O–H groups in total. The zero-order valence-corrected chi connectivity index (χ0v) is 21.0. The van der Waals surface area contributed by atoms with Crippen LogP contribution in [-0.2, 0) is 19.4 Å². The normalized spacial score (nSPS) is 14.2. The van der Waals surface area contributed by atoms with Gasteiger partial charge in [-0.2, -0.15) is 10.1 Å². The number of imide groups is 1. The van der Waals surface area contributed by atoms with Gasteiger partial charge in [-0.3, -0.25) is 9.59 Å². The number of carbonyl (C=O) groups excluding carboxylic acids is 2. The number of hydrogen-bond acceptors (Lipinski definition) is 5. The summed E-state index contributed by atoms with van der Waals surface area (Å²) in [7, 11) is 1.56. The van der Waals surface area contributed by atoms with Gasteiger partial charge in [0, 0.05) is 9.86 Å². The Morgan fingerprint density at radius 1 is 0.861 bits per heavy atom. The van der Waals surface area contributed by atoms with Crippen LogP contribution < -0.4 is 9.47 Å². The fourth-order valence-corrected chi connectivity index (χ4v) is 5.12. The predicted octanol–water partition coefficient (Wildman–Crippen LogP) is 5.92. The first-order valence-corrected chi connectivity index (χ1v) is 12.4. The minimum absolute atomic E-state index is 0.391. The Balaban J connectivity index is 1.25. The van der Waals surface area contributed by atoms with E-state index in [1.165, 1.54) is 17.3 Å². The molecule has 0 atom stereocenters. The van der Waals surface area contributed by atoms with Gasteiger partial charge < -0.3 is 9.47 Å². The van der Waals surface area contributed by atoms with Gasteiger partial charge in [-0.1, -0.05) is 40.2 Å². The summed E-state index contributed by atoms with van der Waals surface area (Å²) in [5.41, 5.74) is 5.10. The first kappa shape index (κ1) is 22.5. The highest BCUT2D eigenvalue weighted by molar-refractivity contribution is 9.10. The van der Waals surface area contributed by atoms with Crippen LogP contribution in [-0.4, -0.2) is 30.1 Å². The van der Waals surface area contributed by atoms with E-state index in [1.807, 2.05) is 48.5 Å².